The lowest BCUT2D eigenvalue weighted by Crippen LogP contribution is -2.45. The van der Waals surface area contributed by atoms with Gasteiger partial charge in [0.05, 0.1) is 40.1 Å². The van der Waals surface area contributed by atoms with E-state index in [4.69, 9.17) is 9.72 Å². The van der Waals surface area contributed by atoms with Crippen LogP contribution in [0.3, 0.4) is 0 Å². The number of nitrogens with zero attached hydrogens (tertiary/aromatic N) is 3. The van der Waals surface area contributed by atoms with Crippen molar-refractivity contribution in [1.82, 2.24) is 15.0 Å². The van der Waals surface area contributed by atoms with Crippen LogP contribution in [-0.2, 0) is 14.6 Å². The molecule has 1 aliphatic rings. The van der Waals surface area contributed by atoms with E-state index < -0.39 is 9.84 Å². The van der Waals surface area contributed by atoms with Gasteiger partial charge in [-0.2, -0.15) is 0 Å². The third-order valence-corrected chi connectivity index (χ3v) is 7.18. The summed E-state index contributed by atoms with van der Waals surface area (Å²) in [5.41, 5.74) is 1.57. The zero-order chi connectivity index (χ0) is 25.4. The van der Waals surface area contributed by atoms with Crippen molar-refractivity contribution in [2.75, 3.05) is 29.6 Å². The first-order chi connectivity index (χ1) is 17.2. The van der Waals surface area contributed by atoms with Gasteiger partial charge < -0.3 is 19.9 Å². The summed E-state index contributed by atoms with van der Waals surface area (Å²) >= 11 is 0. The van der Waals surface area contributed by atoms with Gasteiger partial charge >= 0.3 is 0 Å². The van der Waals surface area contributed by atoms with Gasteiger partial charge in [0.15, 0.2) is 9.84 Å². The standard InChI is InChI=1S/C26H27N5O4S/c1-16-14-31(15-17(2)35-16)23-8-7-20(13-28-23)29-25-24-19(9-10-27-26(24)32)12-22(30-25)18-5-4-6-21(11-18)36(3,33)34/h4-13,16-17H,14-15H2,1-3H3,(H,27,32)(H,29,30)/t16-,17+. The molecule has 186 valence electrons. The number of sulfone groups is 1. The van der Waals surface area contributed by atoms with E-state index in [1.165, 1.54) is 6.26 Å². The number of H-pyrrole nitrogens is 1. The second-order valence-electron chi connectivity index (χ2n) is 9.12. The summed E-state index contributed by atoms with van der Waals surface area (Å²) in [6.07, 6.45) is 4.70. The number of rotatable bonds is 5. The third-order valence-electron chi connectivity index (χ3n) is 6.07. The van der Waals surface area contributed by atoms with E-state index >= 15 is 0 Å². The van der Waals surface area contributed by atoms with E-state index in [1.807, 2.05) is 26.0 Å². The van der Waals surface area contributed by atoms with Gasteiger partial charge in [0.2, 0.25) is 0 Å². The van der Waals surface area contributed by atoms with Gasteiger partial charge in [-0.3, -0.25) is 4.79 Å². The second-order valence-corrected chi connectivity index (χ2v) is 11.1. The van der Waals surface area contributed by atoms with Crippen LogP contribution in [0.25, 0.3) is 22.0 Å². The summed E-state index contributed by atoms with van der Waals surface area (Å²) in [4.78, 5) is 27.1. The Hall–Kier alpha value is -3.76. The summed E-state index contributed by atoms with van der Waals surface area (Å²) in [5.74, 6) is 1.21. The molecule has 4 aromatic rings. The zero-order valence-electron chi connectivity index (χ0n) is 20.2. The van der Waals surface area contributed by atoms with Gasteiger partial charge in [0.25, 0.3) is 5.56 Å². The van der Waals surface area contributed by atoms with E-state index in [1.54, 1.807) is 48.8 Å². The SMILES string of the molecule is C[C@@H]1CN(c2ccc(Nc3nc(-c4cccc(S(C)(=O)=O)c4)cc4cc[nH]c(=O)c34)cn2)C[C@H](C)O1. The molecule has 0 unspecified atom stereocenters. The van der Waals surface area contributed by atoms with E-state index in [2.05, 4.69) is 20.2 Å². The number of nitrogens with one attached hydrogen (secondary N) is 2. The number of fused-ring (bicyclic) bond motifs is 1. The van der Waals surface area contributed by atoms with Crippen molar-refractivity contribution in [2.24, 2.45) is 0 Å². The minimum absolute atomic E-state index is 0.125. The maximum atomic E-state index is 12.7. The molecule has 5 rings (SSSR count). The van der Waals surface area contributed by atoms with E-state index in [-0.39, 0.29) is 22.7 Å². The van der Waals surface area contributed by atoms with Crippen molar-refractivity contribution in [3.05, 3.63) is 71.3 Å². The number of morpholine rings is 1. The number of hydrogen-bond donors (Lipinski definition) is 2. The molecule has 4 heterocycles. The van der Waals surface area contributed by atoms with Crippen molar-refractivity contribution in [3.8, 4) is 11.3 Å². The van der Waals surface area contributed by atoms with Crippen LogP contribution in [0.4, 0.5) is 17.3 Å². The predicted molar refractivity (Wildman–Crippen MR) is 141 cm³/mol. The molecule has 1 fully saturated rings. The smallest absolute Gasteiger partial charge is 0.259 e. The van der Waals surface area contributed by atoms with Crippen LogP contribution in [0.1, 0.15) is 13.8 Å². The van der Waals surface area contributed by atoms with Crippen LogP contribution in [0.2, 0.25) is 0 Å². The summed E-state index contributed by atoms with van der Waals surface area (Å²) in [7, 11) is -3.38. The molecule has 36 heavy (non-hydrogen) atoms. The quantitative estimate of drug-likeness (QED) is 0.421. The first kappa shape index (κ1) is 24.0. The number of pyridine rings is 3. The lowest BCUT2D eigenvalue weighted by atomic mass is 10.1. The zero-order valence-corrected chi connectivity index (χ0v) is 21.0. The Morgan fingerprint density at radius 2 is 1.86 bits per heavy atom. The fourth-order valence-electron chi connectivity index (χ4n) is 4.49. The summed E-state index contributed by atoms with van der Waals surface area (Å²) < 4.78 is 29.9. The minimum Gasteiger partial charge on any atom is -0.372 e. The summed E-state index contributed by atoms with van der Waals surface area (Å²) in [6, 6.07) is 14.0. The monoisotopic (exact) mass is 505 g/mol. The van der Waals surface area contributed by atoms with Crippen LogP contribution in [-0.4, -0.2) is 54.9 Å². The Morgan fingerprint density at radius 3 is 2.56 bits per heavy atom. The van der Waals surface area contributed by atoms with Crippen molar-refractivity contribution >= 4 is 37.9 Å². The molecular formula is C26H27N5O4S. The van der Waals surface area contributed by atoms with Crippen LogP contribution in [0, 0.1) is 0 Å². The molecule has 0 saturated carbocycles. The normalized spacial score (nSPS) is 18.4. The number of aromatic amines is 1. The van der Waals surface area contributed by atoms with Crippen molar-refractivity contribution in [1.29, 1.82) is 0 Å². The Morgan fingerprint density at radius 1 is 1.08 bits per heavy atom. The van der Waals surface area contributed by atoms with Crippen LogP contribution < -0.4 is 15.8 Å². The molecule has 0 spiro atoms. The molecule has 3 aromatic heterocycles. The Balaban J connectivity index is 1.52. The third kappa shape index (κ3) is 4.95. The Bertz CT molecular complexity index is 1570. The van der Waals surface area contributed by atoms with Gasteiger partial charge in [-0.1, -0.05) is 12.1 Å². The average molecular weight is 506 g/mol. The molecule has 10 heteroatoms. The number of aromatic nitrogens is 3. The van der Waals surface area contributed by atoms with Crippen molar-refractivity contribution in [3.63, 3.8) is 0 Å². The molecule has 1 aromatic carbocycles. The molecule has 1 saturated heterocycles. The molecule has 0 radical (unpaired) electrons. The largest absolute Gasteiger partial charge is 0.372 e. The number of ether oxygens (including phenoxy) is 1. The molecule has 0 bridgehead atoms. The molecule has 2 atom stereocenters. The highest BCUT2D eigenvalue weighted by molar-refractivity contribution is 7.90. The molecule has 9 nitrogen and oxygen atoms in total. The maximum Gasteiger partial charge on any atom is 0.259 e. The Labute approximate surface area is 209 Å². The summed E-state index contributed by atoms with van der Waals surface area (Å²) in [5, 5.41) is 4.32. The first-order valence-electron chi connectivity index (χ1n) is 11.6. The molecular weight excluding hydrogens is 478 g/mol. The number of benzene rings is 1. The topological polar surface area (TPSA) is 117 Å². The predicted octanol–water partition coefficient (Wildman–Crippen LogP) is 3.75. The van der Waals surface area contributed by atoms with Gasteiger partial charge in [-0.05, 0) is 55.6 Å². The molecule has 2 N–H and O–H groups in total. The van der Waals surface area contributed by atoms with Crippen molar-refractivity contribution < 1.29 is 13.2 Å². The van der Waals surface area contributed by atoms with Gasteiger partial charge in [-0.25, -0.2) is 18.4 Å². The van der Waals surface area contributed by atoms with Crippen molar-refractivity contribution in [2.45, 2.75) is 31.0 Å². The van der Waals surface area contributed by atoms with E-state index in [0.29, 0.717) is 33.5 Å². The Kier molecular flexibility index (Phi) is 6.23. The molecule has 1 aliphatic heterocycles. The first-order valence-corrected chi connectivity index (χ1v) is 13.5. The van der Waals surface area contributed by atoms with E-state index in [9.17, 15) is 13.2 Å². The van der Waals surface area contributed by atoms with E-state index in [0.717, 1.165) is 18.9 Å². The van der Waals surface area contributed by atoms with Gasteiger partial charge in [-0.15, -0.1) is 0 Å². The van der Waals surface area contributed by atoms with Crippen LogP contribution >= 0.6 is 0 Å². The lowest BCUT2D eigenvalue weighted by molar-refractivity contribution is -0.00545. The minimum atomic E-state index is -3.38. The fourth-order valence-corrected chi connectivity index (χ4v) is 5.15. The fraction of sp³-hybridized carbons (Fsp3) is 0.269. The maximum absolute atomic E-state index is 12.7. The van der Waals surface area contributed by atoms with Crippen LogP contribution in [0.15, 0.2) is 70.6 Å². The highest BCUT2D eigenvalue weighted by atomic mass is 32.2. The number of hydrogen-bond acceptors (Lipinski definition) is 8. The number of anilines is 3. The van der Waals surface area contributed by atoms with Gasteiger partial charge in [0, 0.05) is 31.1 Å². The molecule has 0 aliphatic carbocycles. The van der Waals surface area contributed by atoms with Gasteiger partial charge in [0.1, 0.15) is 11.6 Å². The highest BCUT2D eigenvalue weighted by Crippen LogP contribution is 2.29. The average Bonchev–Trinajstić information content (AvgIpc) is 2.83. The lowest BCUT2D eigenvalue weighted by Gasteiger charge is -2.36. The van der Waals surface area contributed by atoms with Crippen LogP contribution in [0.5, 0.6) is 0 Å². The summed E-state index contributed by atoms with van der Waals surface area (Å²) in [6.45, 7) is 5.62. The second kappa shape index (κ2) is 9.36. The molecule has 0 amide bonds. The highest BCUT2D eigenvalue weighted by Gasteiger charge is 2.23.